The predicted octanol–water partition coefficient (Wildman–Crippen LogP) is 2.66. The fraction of sp³-hybridized carbons (Fsp3) is 0.714. The summed E-state index contributed by atoms with van der Waals surface area (Å²) in [6.07, 6.45) is 5.57. The van der Waals surface area contributed by atoms with Crippen molar-refractivity contribution < 1.29 is 9.00 Å². The zero-order valence-corrected chi connectivity index (χ0v) is 19.2. The number of thiophene rings is 1. The van der Waals surface area contributed by atoms with E-state index >= 15 is 0 Å². The Hall–Kier alpha value is -1.41. The molecule has 1 amide bonds. The second-order valence-electron chi connectivity index (χ2n) is 7.74. The lowest BCUT2D eigenvalue weighted by atomic mass is 9.95. The number of hydrogen-bond donors (Lipinski definition) is 2. The summed E-state index contributed by atoms with van der Waals surface area (Å²) >= 11 is 1.79. The quantitative estimate of drug-likeness (QED) is 0.507. The van der Waals surface area contributed by atoms with Crippen LogP contribution >= 0.6 is 11.3 Å². The Balaban J connectivity index is 1.49. The lowest BCUT2D eigenvalue weighted by Crippen LogP contribution is -2.46. The van der Waals surface area contributed by atoms with E-state index in [1.54, 1.807) is 11.3 Å². The van der Waals surface area contributed by atoms with Gasteiger partial charge in [0.05, 0.1) is 6.54 Å². The van der Waals surface area contributed by atoms with Crippen LogP contribution in [0.15, 0.2) is 16.4 Å². The minimum absolute atomic E-state index is 0.178. The zero-order valence-electron chi connectivity index (χ0n) is 17.6. The van der Waals surface area contributed by atoms with E-state index in [0.29, 0.717) is 19.0 Å². The van der Waals surface area contributed by atoms with Crippen LogP contribution in [0.2, 0.25) is 0 Å². The zero-order chi connectivity index (χ0) is 20.6. The maximum Gasteiger partial charge on any atom is 0.224 e. The highest BCUT2D eigenvalue weighted by Gasteiger charge is 2.26. The van der Waals surface area contributed by atoms with Crippen LogP contribution in [-0.2, 0) is 28.6 Å². The number of carbonyl (C=O) groups excluding carboxylic acids is 1. The molecule has 0 bridgehead atoms. The van der Waals surface area contributed by atoms with Crippen molar-refractivity contribution in [1.82, 2.24) is 15.5 Å². The summed E-state index contributed by atoms with van der Waals surface area (Å²) in [6.45, 7) is 6.85. The molecule has 1 aromatic heterocycles. The van der Waals surface area contributed by atoms with Gasteiger partial charge in [0.1, 0.15) is 0 Å². The number of nitrogens with one attached hydrogen (secondary N) is 2. The SMILES string of the molecule is CCNC(=NCCC(=O)N1CCc2sccc2C1)NC1CCCC(S(=O)CC)C1. The van der Waals surface area contributed by atoms with Gasteiger partial charge in [-0.1, -0.05) is 13.3 Å². The van der Waals surface area contributed by atoms with Gasteiger partial charge >= 0.3 is 0 Å². The van der Waals surface area contributed by atoms with Gasteiger partial charge in [-0.3, -0.25) is 14.0 Å². The molecule has 1 saturated carbocycles. The molecule has 3 unspecified atom stereocenters. The second kappa shape index (κ2) is 11.1. The van der Waals surface area contributed by atoms with Crippen molar-refractivity contribution in [3.63, 3.8) is 0 Å². The van der Waals surface area contributed by atoms with Gasteiger partial charge in [-0.2, -0.15) is 0 Å². The second-order valence-corrected chi connectivity index (χ2v) is 10.8. The molecule has 2 heterocycles. The molecule has 1 fully saturated rings. The molecule has 8 heteroatoms. The van der Waals surface area contributed by atoms with Gasteiger partial charge in [0, 0.05) is 58.8 Å². The van der Waals surface area contributed by atoms with Crippen molar-refractivity contribution in [2.75, 3.05) is 25.4 Å². The van der Waals surface area contributed by atoms with Crippen molar-refractivity contribution in [2.24, 2.45) is 4.99 Å². The summed E-state index contributed by atoms with van der Waals surface area (Å²) in [4.78, 5) is 20.6. The van der Waals surface area contributed by atoms with Gasteiger partial charge in [-0.05, 0) is 49.6 Å². The van der Waals surface area contributed by atoms with Crippen molar-refractivity contribution >= 4 is 34.0 Å². The van der Waals surface area contributed by atoms with E-state index in [2.05, 4.69) is 27.1 Å². The number of amides is 1. The largest absolute Gasteiger partial charge is 0.357 e. The van der Waals surface area contributed by atoms with E-state index in [9.17, 15) is 9.00 Å². The molecular formula is C21H34N4O2S2. The van der Waals surface area contributed by atoms with E-state index in [-0.39, 0.29) is 11.2 Å². The first-order valence-corrected chi connectivity index (χ1v) is 13.1. The normalized spacial score (nSPS) is 23.4. The first kappa shape index (κ1) is 22.3. The highest BCUT2D eigenvalue weighted by atomic mass is 32.2. The van der Waals surface area contributed by atoms with E-state index in [1.807, 2.05) is 18.7 Å². The Morgan fingerprint density at radius 2 is 2.24 bits per heavy atom. The van der Waals surface area contributed by atoms with Crippen LogP contribution in [0.1, 0.15) is 56.4 Å². The van der Waals surface area contributed by atoms with Crippen LogP contribution in [0.25, 0.3) is 0 Å². The van der Waals surface area contributed by atoms with Crippen LogP contribution in [0, 0.1) is 0 Å². The fourth-order valence-corrected chi connectivity index (χ4v) is 6.38. The minimum atomic E-state index is -0.730. The standard InChI is InChI=1S/C21H34N4O2S2/c1-3-22-21(24-17-6-5-7-18(14-17)29(27)4-2)23-11-8-20(26)25-12-9-19-16(15-25)10-13-28-19/h10,13,17-18H,3-9,11-12,14-15H2,1-2H3,(H2,22,23,24). The van der Waals surface area contributed by atoms with E-state index < -0.39 is 10.8 Å². The number of aliphatic imine (C=N–C) groups is 1. The molecule has 1 aliphatic carbocycles. The summed E-state index contributed by atoms with van der Waals surface area (Å²) in [5, 5.41) is 9.20. The van der Waals surface area contributed by atoms with Crippen LogP contribution in [0.4, 0.5) is 0 Å². The molecular weight excluding hydrogens is 404 g/mol. The monoisotopic (exact) mass is 438 g/mol. The number of guanidine groups is 1. The van der Waals surface area contributed by atoms with Gasteiger partial charge < -0.3 is 15.5 Å². The number of carbonyl (C=O) groups is 1. The Morgan fingerprint density at radius 1 is 1.38 bits per heavy atom. The summed E-state index contributed by atoms with van der Waals surface area (Å²) in [5.41, 5.74) is 1.30. The Labute approximate surface area is 181 Å². The number of hydrogen-bond acceptors (Lipinski definition) is 4. The molecule has 0 spiro atoms. The molecule has 2 aliphatic rings. The van der Waals surface area contributed by atoms with Gasteiger partial charge in [-0.25, -0.2) is 0 Å². The van der Waals surface area contributed by atoms with E-state index in [1.165, 1.54) is 10.4 Å². The van der Waals surface area contributed by atoms with Crippen LogP contribution in [-0.4, -0.2) is 57.7 Å². The third-order valence-corrected chi connectivity index (χ3v) is 8.49. The maximum atomic E-state index is 12.6. The maximum absolute atomic E-state index is 12.6. The molecule has 1 aliphatic heterocycles. The first-order chi connectivity index (χ1) is 14.1. The summed E-state index contributed by atoms with van der Waals surface area (Å²) < 4.78 is 12.2. The number of nitrogens with zero attached hydrogens (tertiary/aromatic N) is 2. The molecule has 6 nitrogen and oxygen atoms in total. The van der Waals surface area contributed by atoms with Crippen molar-refractivity contribution in [1.29, 1.82) is 0 Å². The van der Waals surface area contributed by atoms with Crippen LogP contribution in [0.5, 0.6) is 0 Å². The summed E-state index contributed by atoms with van der Waals surface area (Å²) in [5.74, 6) is 1.68. The van der Waals surface area contributed by atoms with E-state index in [4.69, 9.17) is 0 Å². The topological polar surface area (TPSA) is 73.8 Å². The minimum Gasteiger partial charge on any atom is -0.357 e. The summed E-state index contributed by atoms with van der Waals surface area (Å²) in [6, 6.07) is 2.44. The number of rotatable bonds is 7. The smallest absolute Gasteiger partial charge is 0.224 e. The summed E-state index contributed by atoms with van der Waals surface area (Å²) in [7, 11) is -0.730. The molecule has 0 radical (unpaired) electrons. The molecule has 29 heavy (non-hydrogen) atoms. The molecule has 3 rings (SSSR count). The van der Waals surface area contributed by atoms with Crippen molar-refractivity contribution in [2.45, 2.75) is 70.2 Å². The molecule has 162 valence electrons. The Bertz CT molecular complexity index is 734. The predicted molar refractivity (Wildman–Crippen MR) is 122 cm³/mol. The van der Waals surface area contributed by atoms with Crippen molar-refractivity contribution in [3.8, 4) is 0 Å². The van der Waals surface area contributed by atoms with E-state index in [0.717, 1.165) is 63.5 Å². The molecule has 3 atom stereocenters. The van der Waals surface area contributed by atoms with Crippen LogP contribution in [0.3, 0.4) is 0 Å². The van der Waals surface area contributed by atoms with Gasteiger partial charge in [0.2, 0.25) is 5.91 Å². The Morgan fingerprint density at radius 3 is 3.03 bits per heavy atom. The highest BCUT2D eigenvalue weighted by Crippen LogP contribution is 2.24. The fourth-order valence-electron chi connectivity index (χ4n) is 4.15. The molecule has 2 N–H and O–H groups in total. The average Bonchev–Trinajstić information content (AvgIpc) is 3.21. The first-order valence-electron chi connectivity index (χ1n) is 10.9. The van der Waals surface area contributed by atoms with Gasteiger partial charge in [0.25, 0.3) is 0 Å². The van der Waals surface area contributed by atoms with Crippen LogP contribution < -0.4 is 10.6 Å². The highest BCUT2D eigenvalue weighted by molar-refractivity contribution is 7.85. The lowest BCUT2D eigenvalue weighted by molar-refractivity contribution is -0.131. The molecule has 0 saturated heterocycles. The number of fused-ring (bicyclic) bond motifs is 1. The van der Waals surface area contributed by atoms with Gasteiger partial charge in [-0.15, -0.1) is 11.3 Å². The third-order valence-electron chi connectivity index (χ3n) is 5.72. The molecule has 1 aromatic rings. The Kier molecular flexibility index (Phi) is 8.53. The average molecular weight is 439 g/mol. The molecule has 0 aromatic carbocycles. The van der Waals surface area contributed by atoms with Gasteiger partial charge in [0.15, 0.2) is 5.96 Å². The third kappa shape index (κ3) is 6.28. The van der Waals surface area contributed by atoms with Crippen molar-refractivity contribution in [3.05, 3.63) is 21.9 Å². The lowest BCUT2D eigenvalue weighted by Gasteiger charge is -2.30.